The molecule has 1 N–H and O–H groups in total. The lowest BCUT2D eigenvalue weighted by atomic mass is 9.72. The highest BCUT2D eigenvalue weighted by Crippen LogP contribution is 2.47. The first-order chi connectivity index (χ1) is 15.5. The molecule has 36 heavy (non-hydrogen) atoms. The van der Waals surface area contributed by atoms with Gasteiger partial charge in [0.1, 0.15) is 6.10 Å². The van der Waals surface area contributed by atoms with Crippen molar-refractivity contribution < 1.29 is 76.9 Å². The molecule has 0 aliphatic carbocycles. The zero-order valence-corrected chi connectivity index (χ0v) is 19.4. The number of rotatable bonds is 9. The number of ether oxygens (including phenoxy) is 2. The van der Waals surface area contributed by atoms with E-state index in [1.54, 1.807) is 0 Å². The van der Waals surface area contributed by atoms with E-state index in [-0.39, 0.29) is 0 Å². The first kappa shape index (κ1) is 34.1. The fraction of sp³-hybridized carbons (Fsp3) is 0.895. The zero-order valence-electron chi connectivity index (χ0n) is 19.4. The minimum Gasteiger partial charge on any atom is -0.462 e. The number of esters is 2. The van der Waals surface area contributed by atoms with Crippen LogP contribution in [0.4, 0.5) is 52.7 Å². The Morgan fingerprint density at radius 2 is 1.14 bits per heavy atom. The molecule has 0 heterocycles. The van der Waals surface area contributed by atoms with Crippen molar-refractivity contribution >= 4 is 11.9 Å². The van der Waals surface area contributed by atoms with Gasteiger partial charge in [-0.3, -0.25) is 9.59 Å². The van der Waals surface area contributed by atoms with Crippen LogP contribution in [0.2, 0.25) is 0 Å². The van der Waals surface area contributed by atoms with E-state index < -0.39 is 84.5 Å². The molecule has 0 bridgehead atoms. The molecule has 0 spiro atoms. The van der Waals surface area contributed by atoms with E-state index in [1.807, 2.05) is 0 Å². The Bertz CT molecular complexity index is 754. The summed E-state index contributed by atoms with van der Waals surface area (Å²) in [6, 6.07) is 0. The van der Waals surface area contributed by atoms with Gasteiger partial charge in [-0.1, -0.05) is 6.92 Å². The number of alkyl halides is 12. The largest absolute Gasteiger partial charge is 0.462 e. The van der Waals surface area contributed by atoms with Gasteiger partial charge in [0.25, 0.3) is 11.7 Å². The average molecular weight is 560 g/mol. The highest BCUT2D eigenvalue weighted by molar-refractivity contribution is 5.80. The van der Waals surface area contributed by atoms with E-state index in [2.05, 4.69) is 9.47 Å². The van der Waals surface area contributed by atoms with Crippen molar-refractivity contribution in [1.82, 2.24) is 0 Å². The Morgan fingerprint density at radius 1 is 0.750 bits per heavy atom. The number of carbonyl (C=O) groups is 2. The van der Waals surface area contributed by atoms with E-state index in [1.165, 1.54) is 0 Å². The molecule has 5 nitrogen and oxygen atoms in total. The van der Waals surface area contributed by atoms with E-state index in [4.69, 9.17) is 0 Å². The highest BCUT2D eigenvalue weighted by Gasteiger charge is 2.70. The third-order valence-corrected chi connectivity index (χ3v) is 5.31. The van der Waals surface area contributed by atoms with Gasteiger partial charge in [0.2, 0.25) is 0 Å². The van der Waals surface area contributed by atoms with Crippen LogP contribution in [0.5, 0.6) is 0 Å². The van der Waals surface area contributed by atoms with Crippen molar-refractivity contribution in [2.45, 2.75) is 96.4 Å². The predicted molar refractivity (Wildman–Crippen MR) is 96.0 cm³/mol. The molecule has 0 aromatic rings. The minimum absolute atomic E-state index is 0.484. The smallest absolute Gasteiger partial charge is 0.434 e. The second kappa shape index (κ2) is 10.4. The topological polar surface area (TPSA) is 72.8 Å². The zero-order chi connectivity index (χ0) is 29.3. The quantitative estimate of drug-likeness (QED) is 0.275. The molecular weight excluding hydrogens is 536 g/mol. The van der Waals surface area contributed by atoms with Crippen LogP contribution in [0.15, 0.2) is 0 Å². The molecule has 0 saturated carbocycles. The number of hydrogen-bond donors (Lipinski definition) is 1. The van der Waals surface area contributed by atoms with Crippen LogP contribution in [0.3, 0.4) is 0 Å². The van der Waals surface area contributed by atoms with Crippen molar-refractivity contribution in [3.8, 4) is 0 Å². The van der Waals surface area contributed by atoms with Gasteiger partial charge in [-0.15, -0.1) is 0 Å². The molecule has 17 heteroatoms. The summed E-state index contributed by atoms with van der Waals surface area (Å²) in [5.74, 6) is -3.56. The van der Waals surface area contributed by atoms with Crippen LogP contribution in [-0.4, -0.2) is 59.6 Å². The maximum absolute atomic E-state index is 12.8. The fourth-order valence-electron chi connectivity index (χ4n) is 3.15. The molecule has 0 aromatic heterocycles. The third kappa shape index (κ3) is 8.03. The number of aliphatic hydroxyl groups is 1. The van der Waals surface area contributed by atoms with E-state index in [9.17, 15) is 67.4 Å². The summed E-state index contributed by atoms with van der Waals surface area (Å²) in [5, 5.41) is 9.20. The minimum atomic E-state index is -6.21. The van der Waals surface area contributed by atoms with Crippen LogP contribution in [-0.2, 0) is 19.1 Å². The second-order valence-corrected chi connectivity index (χ2v) is 9.12. The van der Waals surface area contributed by atoms with Gasteiger partial charge in [0.05, 0.1) is 10.8 Å². The van der Waals surface area contributed by atoms with E-state index in [0.29, 0.717) is 6.92 Å². The van der Waals surface area contributed by atoms with Gasteiger partial charge in [-0.25, -0.2) is 0 Å². The summed E-state index contributed by atoms with van der Waals surface area (Å²) in [7, 11) is 0. The molecule has 0 aliphatic heterocycles. The molecule has 0 saturated heterocycles. The van der Waals surface area contributed by atoms with Gasteiger partial charge in [-0.05, 0) is 40.5 Å². The lowest BCUT2D eigenvalue weighted by molar-refractivity contribution is -0.373. The fourth-order valence-corrected chi connectivity index (χ4v) is 3.15. The van der Waals surface area contributed by atoms with Crippen molar-refractivity contribution in [3.05, 3.63) is 0 Å². The first-order valence-corrected chi connectivity index (χ1v) is 9.96. The van der Waals surface area contributed by atoms with Crippen molar-refractivity contribution in [1.29, 1.82) is 0 Å². The van der Waals surface area contributed by atoms with Gasteiger partial charge < -0.3 is 14.6 Å². The van der Waals surface area contributed by atoms with Crippen LogP contribution in [0, 0.1) is 10.8 Å². The second-order valence-electron chi connectivity index (χ2n) is 9.12. The summed E-state index contributed by atoms with van der Waals surface area (Å²) < 4.78 is 162. The normalized spacial score (nSPS) is 17.0. The molecule has 0 aliphatic rings. The Labute approximate surface area is 197 Å². The Morgan fingerprint density at radius 3 is 1.44 bits per heavy atom. The first-order valence-electron chi connectivity index (χ1n) is 9.96. The SMILES string of the molecule is CCC(C)(CC(C)(C)C(=O)OC(C)CC(O)(C(F)(F)F)C(F)(F)F)C(=O)OC(C(F)(F)F)C(F)(F)F. The Balaban J connectivity index is 5.76. The summed E-state index contributed by atoms with van der Waals surface area (Å²) in [6.07, 6.45) is -34.7. The maximum Gasteiger partial charge on any atom is 0.434 e. The van der Waals surface area contributed by atoms with Gasteiger partial charge in [-0.2, -0.15) is 52.7 Å². The molecule has 214 valence electrons. The monoisotopic (exact) mass is 560 g/mol. The van der Waals surface area contributed by atoms with E-state index in [0.717, 1.165) is 27.7 Å². The van der Waals surface area contributed by atoms with Crippen LogP contribution in [0.1, 0.15) is 53.9 Å². The number of carbonyl (C=O) groups excluding carboxylic acids is 2. The van der Waals surface area contributed by atoms with Crippen LogP contribution in [0.25, 0.3) is 0 Å². The Hall–Kier alpha value is -1.94. The number of halogens is 12. The molecule has 0 aromatic carbocycles. The summed E-state index contributed by atoms with van der Waals surface area (Å²) in [6.45, 7) is 4.46. The third-order valence-electron chi connectivity index (χ3n) is 5.31. The molecule has 0 amide bonds. The highest BCUT2D eigenvalue weighted by atomic mass is 19.4. The molecule has 0 rings (SSSR count). The summed E-state index contributed by atoms with van der Waals surface area (Å²) in [4.78, 5) is 24.7. The van der Waals surface area contributed by atoms with Crippen molar-refractivity contribution in [3.63, 3.8) is 0 Å². The number of hydrogen-bond acceptors (Lipinski definition) is 5. The van der Waals surface area contributed by atoms with Crippen molar-refractivity contribution in [2.75, 3.05) is 0 Å². The maximum atomic E-state index is 12.8. The standard InChI is InChI=1S/C19H24F12O5/c1-6-14(5,12(33)36-10(16(20,21)22)17(23,24)25)8-13(3,4)11(32)35-9(2)7-15(34,18(26,27)28)19(29,30)31/h9-10,34H,6-8H2,1-5H3. The summed E-state index contributed by atoms with van der Waals surface area (Å²) >= 11 is 0. The molecule has 2 atom stereocenters. The van der Waals surface area contributed by atoms with Gasteiger partial charge in [0.15, 0.2) is 0 Å². The molecule has 2 unspecified atom stereocenters. The Kier molecular flexibility index (Phi) is 9.87. The summed E-state index contributed by atoms with van der Waals surface area (Å²) in [5.41, 5.74) is -9.48. The molecule has 0 fully saturated rings. The van der Waals surface area contributed by atoms with Crippen LogP contribution < -0.4 is 0 Å². The van der Waals surface area contributed by atoms with E-state index >= 15 is 0 Å². The lowest BCUT2D eigenvalue weighted by Crippen LogP contribution is -2.58. The predicted octanol–water partition coefficient (Wildman–Crippen LogP) is 6.03. The van der Waals surface area contributed by atoms with Gasteiger partial charge in [0, 0.05) is 6.42 Å². The van der Waals surface area contributed by atoms with Crippen LogP contribution >= 0.6 is 0 Å². The molecular formula is C19H24F12O5. The molecule has 0 radical (unpaired) electrons. The van der Waals surface area contributed by atoms with Gasteiger partial charge >= 0.3 is 36.6 Å². The van der Waals surface area contributed by atoms with Crippen molar-refractivity contribution in [2.24, 2.45) is 10.8 Å². The lowest BCUT2D eigenvalue weighted by Gasteiger charge is -2.37. The average Bonchev–Trinajstić information content (AvgIpc) is 2.61.